The second kappa shape index (κ2) is 4.12. The van der Waals surface area contributed by atoms with Crippen molar-refractivity contribution in [1.82, 2.24) is 9.97 Å². The molecular weight excluding hydrogens is 208 g/mol. The van der Waals surface area contributed by atoms with Gasteiger partial charge in [0.25, 0.3) is 0 Å². The van der Waals surface area contributed by atoms with Crippen molar-refractivity contribution in [2.45, 2.75) is 26.7 Å². The first kappa shape index (κ1) is 10.3. The van der Waals surface area contributed by atoms with Gasteiger partial charge < -0.3 is 5.43 Å². The van der Waals surface area contributed by atoms with Gasteiger partial charge in [0.1, 0.15) is 10.7 Å². The number of nitrogen functional groups attached to an aromatic ring is 1. The number of hydrogen-bond donors (Lipinski definition) is 2. The SMILES string of the molecule is CCc1nc(NN)c2cc(CC)sc2n1. The van der Waals surface area contributed by atoms with E-state index in [0.717, 1.165) is 34.7 Å². The van der Waals surface area contributed by atoms with Crippen molar-refractivity contribution in [2.24, 2.45) is 5.84 Å². The standard InChI is InChI=1S/C10H14N4S/c1-3-6-5-7-9(14-11)12-8(4-2)13-10(7)15-6/h5H,3-4,11H2,1-2H3,(H,12,13,14). The fraction of sp³-hybridized carbons (Fsp3) is 0.400. The highest BCUT2D eigenvalue weighted by Crippen LogP contribution is 2.28. The lowest BCUT2D eigenvalue weighted by atomic mass is 10.3. The molecule has 0 aliphatic carbocycles. The number of rotatable bonds is 3. The summed E-state index contributed by atoms with van der Waals surface area (Å²) in [5.41, 5.74) is 2.64. The summed E-state index contributed by atoms with van der Waals surface area (Å²) in [7, 11) is 0. The summed E-state index contributed by atoms with van der Waals surface area (Å²) in [6.07, 6.45) is 1.84. The number of nitrogens with two attached hydrogens (primary N) is 1. The molecule has 5 heteroatoms. The van der Waals surface area contributed by atoms with Gasteiger partial charge in [-0.1, -0.05) is 13.8 Å². The molecule has 0 aliphatic heterocycles. The molecule has 4 nitrogen and oxygen atoms in total. The monoisotopic (exact) mass is 222 g/mol. The van der Waals surface area contributed by atoms with Crippen LogP contribution in [0.1, 0.15) is 24.5 Å². The number of aromatic nitrogens is 2. The fourth-order valence-electron chi connectivity index (χ4n) is 1.46. The van der Waals surface area contributed by atoms with E-state index in [1.807, 2.05) is 6.92 Å². The van der Waals surface area contributed by atoms with E-state index in [9.17, 15) is 0 Å². The second-order valence-electron chi connectivity index (χ2n) is 3.27. The molecular formula is C10H14N4S. The van der Waals surface area contributed by atoms with Crippen LogP contribution in [-0.2, 0) is 12.8 Å². The van der Waals surface area contributed by atoms with Gasteiger partial charge >= 0.3 is 0 Å². The fourth-order valence-corrected chi connectivity index (χ4v) is 2.44. The van der Waals surface area contributed by atoms with E-state index in [-0.39, 0.29) is 0 Å². The Balaban J connectivity index is 2.66. The number of nitrogens with one attached hydrogen (secondary N) is 1. The highest BCUT2D eigenvalue weighted by molar-refractivity contribution is 7.18. The number of fused-ring (bicyclic) bond motifs is 1. The normalized spacial score (nSPS) is 10.9. The Hall–Kier alpha value is -1.20. The Bertz CT molecular complexity index is 477. The maximum absolute atomic E-state index is 5.45. The zero-order chi connectivity index (χ0) is 10.8. The number of hydrogen-bond acceptors (Lipinski definition) is 5. The quantitative estimate of drug-likeness (QED) is 0.616. The predicted molar refractivity (Wildman–Crippen MR) is 64.0 cm³/mol. The molecule has 2 aromatic heterocycles. The van der Waals surface area contributed by atoms with Crippen molar-refractivity contribution in [1.29, 1.82) is 0 Å². The van der Waals surface area contributed by atoms with Crippen molar-refractivity contribution < 1.29 is 0 Å². The molecule has 0 unspecified atom stereocenters. The largest absolute Gasteiger partial charge is 0.308 e. The zero-order valence-corrected chi connectivity index (χ0v) is 9.69. The van der Waals surface area contributed by atoms with Crippen LogP contribution in [0.5, 0.6) is 0 Å². The lowest BCUT2D eigenvalue weighted by Crippen LogP contribution is -2.10. The molecule has 3 N–H and O–H groups in total. The Morgan fingerprint density at radius 2 is 2.13 bits per heavy atom. The Morgan fingerprint density at radius 1 is 1.33 bits per heavy atom. The third kappa shape index (κ3) is 1.80. The molecule has 2 aromatic rings. The Labute approximate surface area is 92.5 Å². The van der Waals surface area contributed by atoms with Crippen LogP contribution >= 0.6 is 11.3 Å². The summed E-state index contributed by atoms with van der Waals surface area (Å²) < 4.78 is 0. The van der Waals surface area contributed by atoms with E-state index < -0.39 is 0 Å². The van der Waals surface area contributed by atoms with Crippen molar-refractivity contribution >= 4 is 27.4 Å². The van der Waals surface area contributed by atoms with Gasteiger partial charge in [0.2, 0.25) is 0 Å². The molecule has 0 bridgehead atoms. The zero-order valence-electron chi connectivity index (χ0n) is 8.87. The predicted octanol–water partition coefficient (Wildman–Crippen LogP) is 2.10. The van der Waals surface area contributed by atoms with Gasteiger partial charge in [-0.3, -0.25) is 0 Å². The summed E-state index contributed by atoms with van der Waals surface area (Å²) in [4.78, 5) is 11.2. The Kier molecular flexibility index (Phi) is 2.83. The van der Waals surface area contributed by atoms with E-state index in [2.05, 4.69) is 28.4 Å². The van der Waals surface area contributed by atoms with E-state index in [0.29, 0.717) is 0 Å². The molecule has 0 spiro atoms. The van der Waals surface area contributed by atoms with Crippen LogP contribution in [0.2, 0.25) is 0 Å². The van der Waals surface area contributed by atoms with Gasteiger partial charge in [0.15, 0.2) is 5.82 Å². The van der Waals surface area contributed by atoms with Gasteiger partial charge in [0.05, 0.1) is 5.39 Å². The first-order chi connectivity index (χ1) is 7.28. The minimum absolute atomic E-state index is 0.729. The third-order valence-corrected chi connectivity index (χ3v) is 3.46. The lowest BCUT2D eigenvalue weighted by molar-refractivity contribution is 0.962. The van der Waals surface area contributed by atoms with E-state index in [1.165, 1.54) is 4.88 Å². The summed E-state index contributed by atoms with van der Waals surface area (Å²) >= 11 is 1.71. The molecule has 0 atom stereocenters. The molecule has 0 saturated heterocycles. The van der Waals surface area contributed by atoms with Gasteiger partial charge in [0, 0.05) is 11.3 Å². The van der Waals surface area contributed by atoms with Crippen LogP contribution < -0.4 is 11.3 Å². The van der Waals surface area contributed by atoms with Gasteiger partial charge in [-0.25, -0.2) is 15.8 Å². The lowest BCUT2D eigenvalue weighted by Gasteiger charge is -2.02. The number of aryl methyl sites for hydroxylation is 2. The highest BCUT2D eigenvalue weighted by atomic mass is 32.1. The minimum atomic E-state index is 0.729. The maximum atomic E-state index is 5.45. The Morgan fingerprint density at radius 3 is 2.73 bits per heavy atom. The summed E-state index contributed by atoms with van der Waals surface area (Å²) in [6.45, 7) is 4.17. The molecule has 0 radical (unpaired) electrons. The maximum Gasteiger partial charge on any atom is 0.152 e. The van der Waals surface area contributed by atoms with Crippen molar-refractivity contribution in [3.8, 4) is 0 Å². The molecule has 80 valence electrons. The number of anilines is 1. The van der Waals surface area contributed by atoms with Crippen LogP contribution in [-0.4, -0.2) is 9.97 Å². The molecule has 0 aromatic carbocycles. The number of nitrogens with zero attached hydrogens (tertiary/aromatic N) is 2. The van der Waals surface area contributed by atoms with Gasteiger partial charge in [-0.15, -0.1) is 11.3 Å². The number of hydrazine groups is 1. The first-order valence-electron chi connectivity index (χ1n) is 5.04. The van der Waals surface area contributed by atoms with Crippen LogP contribution in [0, 0.1) is 0 Å². The number of thiophene rings is 1. The molecule has 2 heterocycles. The van der Waals surface area contributed by atoms with Crippen LogP contribution in [0.25, 0.3) is 10.2 Å². The summed E-state index contributed by atoms with van der Waals surface area (Å²) in [6, 6.07) is 2.11. The first-order valence-corrected chi connectivity index (χ1v) is 5.86. The average molecular weight is 222 g/mol. The van der Waals surface area contributed by atoms with E-state index >= 15 is 0 Å². The smallest absolute Gasteiger partial charge is 0.152 e. The molecule has 0 aliphatic rings. The molecule has 0 saturated carbocycles. The summed E-state index contributed by atoms with van der Waals surface area (Å²) in [5, 5.41) is 1.02. The molecule has 2 rings (SSSR count). The topological polar surface area (TPSA) is 63.8 Å². The minimum Gasteiger partial charge on any atom is -0.308 e. The molecule has 0 amide bonds. The molecule has 15 heavy (non-hydrogen) atoms. The van der Waals surface area contributed by atoms with Crippen LogP contribution in [0.3, 0.4) is 0 Å². The van der Waals surface area contributed by atoms with Crippen LogP contribution in [0.15, 0.2) is 6.07 Å². The van der Waals surface area contributed by atoms with E-state index in [1.54, 1.807) is 11.3 Å². The third-order valence-electron chi connectivity index (χ3n) is 2.29. The average Bonchev–Trinajstić information content (AvgIpc) is 2.70. The van der Waals surface area contributed by atoms with Crippen molar-refractivity contribution in [2.75, 3.05) is 5.43 Å². The van der Waals surface area contributed by atoms with E-state index in [4.69, 9.17) is 5.84 Å². The summed E-state index contributed by atoms with van der Waals surface area (Å²) in [5.74, 6) is 7.02. The second-order valence-corrected chi connectivity index (χ2v) is 4.39. The van der Waals surface area contributed by atoms with Gasteiger partial charge in [-0.05, 0) is 12.5 Å². The molecule has 0 fully saturated rings. The van der Waals surface area contributed by atoms with Crippen LogP contribution in [0.4, 0.5) is 5.82 Å². The van der Waals surface area contributed by atoms with Crippen molar-refractivity contribution in [3.05, 3.63) is 16.8 Å². The van der Waals surface area contributed by atoms with Crippen molar-refractivity contribution in [3.63, 3.8) is 0 Å². The van der Waals surface area contributed by atoms with Gasteiger partial charge in [-0.2, -0.15) is 0 Å². The highest BCUT2D eigenvalue weighted by Gasteiger charge is 2.09.